The van der Waals surface area contributed by atoms with Crippen molar-refractivity contribution < 1.29 is 0 Å². The largest absolute Gasteiger partial charge is 0.289 e. The van der Waals surface area contributed by atoms with Crippen LogP contribution in [0, 0.1) is 0 Å². The van der Waals surface area contributed by atoms with Gasteiger partial charge >= 0.3 is 0 Å². The van der Waals surface area contributed by atoms with Gasteiger partial charge in [-0.3, -0.25) is 19.2 Å². The molecule has 0 aliphatic heterocycles. The molecule has 0 aromatic heterocycles. The first-order valence-electron chi connectivity index (χ1n) is 47.6. The SMILES string of the molecule is ClCCl.ClCCl.O=c1c2c3c4c(c(-c5ccccc5)c(-c5ccccc5)c(-c5ccccc5)c4c4ccccc24)c(=O)c2c-3c3c1c(-c1ccccc1)c(-c1ccccc1)c(-c1ccccc1)c3c1ccccc21.O=c1c2c3c4c(c(-c5ccccc5)c(-c5ccccc5)c(-c5ccccc5)c4c4ccccc24)c(=O)c2c-3c3c1c(-c1ccccc1)c(-c1ccccc1)c(-c1ccccc1)c3c1ccccc21. The van der Waals surface area contributed by atoms with Crippen LogP contribution in [0.2, 0.25) is 0 Å². The number of alkyl halides is 4. The van der Waals surface area contributed by atoms with Crippen molar-refractivity contribution in [3.05, 3.63) is 502 Å². The minimum atomic E-state index is -0.0394. The average molecular weight is 1900 g/mol. The van der Waals surface area contributed by atoms with Crippen LogP contribution in [0.1, 0.15) is 0 Å². The minimum Gasteiger partial charge on any atom is -0.289 e. The van der Waals surface area contributed by atoms with E-state index in [-0.39, 0.29) is 32.4 Å². The number of fused-ring (bicyclic) bond motifs is 12. The highest BCUT2D eigenvalue weighted by Gasteiger charge is 2.41. The third-order valence-electron chi connectivity index (χ3n) is 28.9. The van der Waals surface area contributed by atoms with Gasteiger partial charge < -0.3 is 0 Å². The van der Waals surface area contributed by atoms with Crippen molar-refractivity contribution in [3.8, 4) is 156 Å². The molecule has 4 nitrogen and oxygen atoms in total. The fraction of sp³-hybridized carbons (Fsp3) is 0.0149. The summed E-state index contributed by atoms with van der Waals surface area (Å²) < 4.78 is 0. The van der Waals surface area contributed by atoms with Gasteiger partial charge in [-0.25, -0.2) is 0 Å². The lowest BCUT2D eigenvalue weighted by atomic mass is 9.71. The molecule has 0 radical (unpaired) electrons. The number of hydrogen-bond acceptors (Lipinski definition) is 4. The maximum Gasteiger partial charge on any atom is 0.195 e. The summed E-state index contributed by atoms with van der Waals surface area (Å²) in [6.45, 7) is 0. The molecule has 28 rings (SSSR count). The van der Waals surface area contributed by atoms with E-state index in [0.717, 1.165) is 242 Å². The molecule has 142 heavy (non-hydrogen) atoms. The zero-order chi connectivity index (χ0) is 95.5. The van der Waals surface area contributed by atoms with Crippen LogP contribution in [-0.2, 0) is 0 Å². The predicted octanol–water partition coefficient (Wildman–Crippen LogP) is 36.3. The second-order valence-electron chi connectivity index (χ2n) is 36.1. The minimum absolute atomic E-state index is 0.0394. The van der Waals surface area contributed by atoms with Crippen LogP contribution < -0.4 is 21.7 Å². The van der Waals surface area contributed by atoms with Crippen LogP contribution in [0.15, 0.2) is 480 Å². The van der Waals surface area contributed by atoms with Gasteiger partial charge in [-0.1, -0.05) is 461 Å². The normalized spacial score (nSPS) is 11.7. The molecule has 4 aliphatic rings. The van der Waals surface area contributed by atoms with E-state index in [1.807, 2.05) is 48.5 Å². The van der Waals surface area contributed by atoms with E-state index in [2.05, 4.69) is 413 Å². The molecule has 0 bridgehead atoms. The van der Waals surface area contributed by atoms with Gasteiger partial charge in [-0.2, -0.15) is 0 Å². The van der Waals surface area contributed by atoms with E-state index in [1.165, 1.54) is 0 Å². The number of rotatable bonds is 12. The first kappa shape index (κ1) is 86.8. The van der Waals surface area contributed by atoms with E-state index in [0.29, 0.717) is 43.1 Å². The van der Waals surface area contributed by atoms with E-state index in [4.69, 9.17) is 46.4 Å². The molecule has 0 fully saturated rings. The molecule has 4 aliphatic carbocycles. The van der Waals surface area contributed by atoms with Crippen LogP contribution in [0.3, 0.4) is 0 Å². The quantitative estimate of drug-likeness (QED) is 0.0694. The fourth-order valence-corrected chi connectivity index (χ4v) is 23.9. The topological polar surface area (TPSA) is 68.3 Å². The van der Waals surface area contributed by atoms with Crippen molar-refractivity contribution >= 4 is 176 Å². The van der Waals surface area contributed by atoms with E-state index >= 15 is 19.2 Å². The van der Waals surface area contributed by atoms with Gasteiger partial charge in [-0.15, -0.1) is 46.4 Å². The van der Waals surface area contributed by atoms with Crippen molar-refractivity contribution in [2.24, 2.45) is 0 Å². The van der Waals surface area contributed by atoms with Crippen molar-refractivity contribution in [2.75, 3.05) is 10.7 Å². The summed E-state index contributed by atoms with van der Waals surface area (Å²) >= 11 is 19.1. The van der Waals surface area contributed by atoms with Gasteiger partial charge in [0.15, 0.2) is 21.7 Å². The Morgan fingerprint density at radius 3 is 0.331 bits per heavy atom. The third-order valence-corrected chi connectivity index (χ3v) is 28.9. The Balaban J connectivity index is 0.000000142. The average Bonchev–Trinajstić information content (AvgIpc) is 0.658. The highest BCUT2D eigenvalue weighted by Crippen LogP contribution is 2.64. The first-order valence-corrected chi connectivity index (χ1v) is 49.8. The van der Waals surface area contributed by atoms with Gasteiger partial charge in [-0.05, 0) is 176 Å². The van der Waals surface area contributed by atoms with Gasteiger partial charge in [0.25, 0.3) is 0 Å². The Morgan fingerprint density at radius 2 is 0.204 bits per heavy atom. The summed E-state index contributed by atoms with van der Waals surface area (Å²) in [5.74, 6) is 0. The molecule has 0 heterocycles. The zero-order valence-corrected chi connectivity index (χ0v) is 79.5. The highest BCUT2D eigenvalue weighted by atomic mass is 35.5. The first-order chi connectivity index (χ1) is 70.2. The number of benzene rings is 28. The molecule has 0 N–H and O–H groups in total. The molecule has 0 atom stereocenters. The maximum atomic E-state index is 16.8. The smallest absolute Gasteiger partial charge is 0.195 e. The molecule has 0 saturated heterocycles. The Morgan fingerprint density at radius 1 is 0.106 bits per heavy atom. The second-order valence-corrected chi connectivity index (χ2v) is 37.7. The summed E-state index contributed by atoms with van der Waals surface area (Å²) in [4.78, 5) is 67.4. The molecule has 0 spiro atoms. The summed E-state index contributed by atoms with van der Waals surface area (Å²) in [6.07, 6.45) is 0. The number of hydrogen-bond donors (Lipinski definition) is 0. The monoisotopic (exact) mass is 1890 g/mol. The third kappa shape index (κ3) is 13.4. The molecule has 0 unspecified atom stereocenters. The van der Waals surface area contributed by atoms with Crippen LogP contribution in [0.25, 0.3) is 285 Å². The Labute approximate surface area is 837 Å². The predicted molar refractivity (Wildman–Crippen MR) is 607 cm³/mol. The summed E-state index contributed by atoms with van der Waals surface area (Å²) in [6, 6.07) is 160. The highest BCUT2D eigenvalue weighted by molar-refractivity contribution is 6.48. The van der Waals surface area contributed by atoms with Gasteiger partial charge in [0.05, 0.1) is 10.7 Å². The molecule has 668 valence electrons. The van der Waals surface area contributed by atoms with Gasteiger partial charge in [0.1, 0.15) is 0 Å². The fourth-order valence-electron chi connectivity index (χ4n) is 23.9. The Bertz CT molecular complexity index is 8750. The lowest BCUT2D eigenvalue weighted by molar-refractivity contribution is 1.58. The molecule has 0 saturated carbocycles. The molecule has 0 amide bonds. The van der Waals surface area contributed by atoms with Crippen LogP contribution in [0.5, 0.6) is 0 Å². The Kier molecular flexibility index (Phi) is 21.9. The summed E-state index contributed by atoms with van der Waals surface area (Å²) in [5, 5.41) is 19.9. The molecular formula is C134H80Cl4O4. The van der Waals surface area contributed by atoms with E-state index < -0.39 is 0 Å². The molecular weight excluding hydrogens is 1820 g/mol. The van der Waals surface area contributed by atoms with Crippen molar-refractivity contribution in [1.82, 2.24) is 0 Å². The van der Waals surface area contributed by atoms with Crippen molar-refractivity contribution in [3.63, 3.8) is 0 Å². The molecule has 8 heteroatoms. The summed E-state index contributed by atoms with van der Waals surface area (Å²) in [7, 11) is 0. The lowest BCUT2D eigenvalue weighted by Gasteiger charge is -2.30. The number of halogens is 4. The maximum absolute atomic E-state index is 16.8. The van der Waals surface area contributed by atoms with Crippen molar-refractivity contribution in [2.45, 2.75) is 0 Å². The second kappa shape index (κ2) is 35.9. The molecule has 24 aromatic rings. The molecule has 24 aromatic carbocycles. The van der Waals surface area contributed by atoms with Crippen LogP contribution >= 0.6 is 46.4 Å². The van der Waals surface area contributed by atoms with E-state index in [1.54, 1.807) is 0 Å². The van der Waals surface area contributed by atoms with Gasteiger partial charge in [0, 0.05) is 109 Å². The van der Waals surface area contributed by atoms with Crippen molar-refractivity contribution in [1.29, 1.82) is 0 Å². The van der Waals surface area contributed by atoms with Crippen LogP contribution in [0.4, 0.5) is 0 Å². The summed E-state index contributed by atoms with van der Waals surface area (Å²) in [5.41, 5.74) is 26.8. The van der Waals surface area contributed by atoms with Gasteiger partial charge in [0.2, 0.25) is 0 Å². The Hall–Kier alpha value is -16.8. The van der Waals surface area contributed by atoms with E-state index in [9.17, 15) is 0 Å². The standard InChI is InChI=1S/2C66H38O2.2CH2Cl2/c2*67-65-57-48-38-22-20-36-46(48)56-52(42-29-13-4-14-30-42)50(40-25-9-2-10-26-40)54(44-33-17-6-18-34-44)64-60(56)62(57)61-58(66(64)68)47-37-21-19-35-45(47)55-51(41-27-11-3-12-28-41)49(39-23-7-1-8-24-39)53(63(65)59(55)61)43-31-15-5-16-32-43;2*2-1-3/h2*1-38H;2*1H2. The zero-order valence-electron chi connectivity index (χ0n) is 76.4. The lowest BCUT2D eigenvalue weighted by Crippen LogP contribution is -2.17. The van der Waals surface area contributed by atoms with Crippen LogP contribution in [-0.4, -0.2) is 10.7 Å².